The maximum Gasteiger partial charge on any atom is 0.416 e. The molecule has 1 N–H and O–H groups in total. The topological polar surface area (TPSA) is 50.2 Å². The van der Waals surface area contributed by atoms with E-state index in [2.05, 4.69) is 10.3 Å². The number of hydrogen-bond donors (Lipinski definition) is 1. The van der Waals surface area contributed by atoms with Crippen LogP contribution in [-0.2, 0) is 24.1 Å². The molecule has 1 amide bonds. The molecule has 0 saturated heterocycles. The Bertz CT molecular complexity index is 963. The first-order chi connectivity index (χ1) is 12.7. The molecule has 0 unspecified atom stereocenters. The lowest BCUT2D eigenvalue weighted by atomic mass is 10.2. The number of nitrogens with one attached hydrogen (secondary N) is 1. The van der Waals surface area contributed by atoms with Crippen LogP contribution >= 0.6 is 0 Å². The summed E-state index contributed by atoms with van der Waals surface area (Å²) in [6, 6.07) is 12.0. The number of carbonyl (C=O) groups excluding carboxylic acids is 1. The predicted octanol–water partition coefficient (Wildman–Crippen LogP) is 3.76. The van der Waals surface area contributed by atoms with Crippen molar-refractivity contribution < 1.29 is 18.0 Å². The normalized spacial score (nSPS) is 11.9. The minimum Gasteiger partial charge on any atom is -0.325 e. The number of carbonyl (C=O) groups is 1. The van der Waals surface area contributed by atoms with E-state index in [9.17, 15) is 18.0 Å². The van der Waals surface area contributed by atoms with Gasteiger partial charge in [0.05, 0.1) is 23.1 Å². The molecule has 1 heterocycles. The summed E-state index contributed by atoms with van der Waals surface area (Å²) < 4.78 is 40.3. The van der Waals surface area contributed by atoms with Gasteiger partial charge in [-0.3, -0.25) is 4.79 Å². The summed E-state index contributed by atoms with van der Waals surface area (Å²) in [5, 5.41) is 2.54. The number of nitrogens with zero attached hydrogens (tertiary/aromatic N) is 3. The fraction of sp³-hybridized carbons (Fsp3) is 0.263. The molecule has 1 aromatic heterocycles. The Hall–Kier alpha value is -2.87. The first-order valence-electron chi connectivity index (χ1n) is 8.30. The minimum atomic E-state index is -4.46. The zero-order valence-corrected chi connectivity index (χ0v) is 14.9. The number of imidazole rings is 1. The third-order valence-electron chi connectivity index (χ3n) is 3.97. The van der Waals surface area contributed by atoms with Crippen molar-refractivity contribution in [3.05, 3.63) is 59.9 Å². The van der Waals surface area contributed by atoms with Gasteiger partial charge < -0.3 is 14.8 Å². The van der Waals surface area contributed by atoms with Gasteiger partial charge in [-0.25, -0.2) is 4.98 Å². The molecule has 0 aliphatic heterocycles. The molecular formula is C19H19F3N4O. The van der Waals surface area contributed by atoms with Crippen LogP contribution in [0.15, 0.2) is 48.5 Å². The van der Waals surface area contributed by atoms with E-state index in [0.29, 0.717) is 12.4 Å². The third kappa shape index (κ3) is 4.46. The average molecular weight is 376 g/mol. The first-order valence-corrected chi connectivity index (χ1v) is 8.30. The summed E-state index contributed by atoms with van der Waals surface area (Å²) in [4.78, 5) is 19.0. The molecule has 0 atom stereocenters. The van der Waals surface area contributed by atoms with Crippen LogP contribution in [0.4, 0.5) is 18.9 Å². The summed E-state index contributed by atoms with van der Waals surface area (Å²) in [5.74, 6) is 0.290. The van der Waals surface area contributed by atoms with Crippen LogP contribution in [-0.4, -0.2) is 34.5 Å². The quantitative estimate of drug-likeness (QED) is 0.738. The number of benzene rings is 2. The largest absolute Gasteiger partial charge is 0.416 e. The molecule has 0 radical (unpaired) electrons. The van der Waals surface area contributed by atoms with E-state index in [1.54, 1.807) is 4.57 Å². The van der Waals surface area contributed by atoms with Gasteiger partial charge in [-0.2, -0.15) is 13.2 Å². The van der Waals surface area contributed by atoms with E-state index < -0.39 is 17.6 Å². The molecule has 0 aliphatic carbocycles. The molecule has 0 aliphatic rings. The maximum absolute atomic E-state index is 12.8. The molecule has 0 saturated carbocycles. The van der Waals surface area contributed by atoms with Crippen LogP contribution in [0, 0.1) is 0 Å². The Morgan fingerprint density at radius 2 is 1.89 bits per heavy atom. The number of aromatic nitrogens is 2. The van der Waals surface area contributed by atoms with Gasteiger partial charge in [-0.15, -0.1) is 0 Å². The van der Waals surface area contributed by atoms with Gasteiger partial charge in [0.25, 0.3) is 0 Å². The highest BCUT2D eigenvalue weighted by Crippen LogP contribution is 2.30. The van der Waals surface area contributed by atoms with E-state index in [0.717, 1.165) is 23.2 Å². The van der Waals surface area contributed by atoms with Crippen molar-refractivity contribution in [1.29, 1.82) is 0 Å². The maximum atomic E-state index is 12.8. The molecule has 3 aromatic rings. The van der Waals surface area contributed by atoms with Crippen LogP contribution in [0.2, 0.25) is 0 Å². The Kier molecular flexibility index (Phi) is 5.18. The Labute approximate surface area is 154 Å². The van der Waals surface area contributed by atoms with Gasteiger partial charge in [0, 0.05) is 5.69 Å². The number of alkyl halides is 3. The predicted molar refractivity (Wildman–Crippen MR) is 97.2 cm³/mol. The molecule has 0 bridgehead atoms. The van der Waals surface area contributed by atoms with E-state index in [4.69, 9.17) is 0 Å². The average Bonchev–Trinajstić information content (AvgIpc) is 2.91. The van der Waals surface area contributed by atoms with Crippen molar-refractivity contribution in [1.82, 2.24) is 14.5 Å². The number of hydrogen-bond acceptors (Lipinski definition) is 3. The highest BCUT2D eigenvalue weighted by molar-refractivity contribution is 5.91. The van der Waals surface area contributed by atoms with Gasteiger partial charge in [-0.05, 0) is 44.4 Å². The van der Waals surface area contributed by atoms with Gasteiger partial charge in [0.2, 0.25) is 5.91 Å². The molecule has 2 aromatic carbocycles. The van der Waals surface area contributed by atoms with E-state index in [1.165, 1.54) is 12.1 Å². The second-order valence-corrected chi connectivity index (χ2v) is 6.47. The minimum absolute atomic E-state index is 0.0417. The smallest absolute Gasteiger partial charge is 0.325 e. The lowest BCUT2D eigenvalue weighted by Gasteiger charge is -2.14. The lowest BCUT2D eigenvalue weighted by Crippen LogP contribution is -2.22. The lowest BCUT2D eigenvalue weighted by molar-refractivity contribution is -0.137. The molecular weight excluding hydrogens is 357 g/mol. The Morgan fingerprint density at radius 1 is 1.15 bits per heavy atom. The number of amides is 1. The summed E-state index contributed by atoms with van der Waals surface area (Å²) >= 11 is 0. The third-order valence-corrected chi connectivity index (χ3v) is 3.97. The molecule has 5 nitrogen and oxygen atoms in total. The van der Waals surface area contributed by atoms with Gasteiger partial charge in [0.1, 0.15) is 12.4 Å². The van der Waals surface area contributed by atoms with Crippen molar-refractivity contribution in [2.24, 2.45) is 0 Å². The monoisotopic (exact) mass is 376 g/mol. The van der Waals surface area contributed by atoms with Crippen LogP contribution < -0.4 is 5.32 Å². The fourth-order valence-electron chi connectivity index (χ4n) is 2.82. The summed E-state index contributed by atoms with van der Waals surface area (Å²) in [7, 11) is 3.79. The Morgan fingerprint density at radius 3 is 2.59 bits per heavy atom. The second kappa shape index (κ2) is 7.40. The molecule has 142 valence electrons. The molecule has 0 spiro atoms. The zero-order chi connectivity index (χ0) is 19.6. The number of para-hydroxylation sites is 2. The van der Waals surface area contributed by atoms with Crippen LogP contribution in [0.1, 0.15) is 11.4 Å². The summed E-state index contributed by atoms with van der Waals surface area (Å²) in [6.07, 6.45) is -4.46. The highest BCUT2D eigenvalue weighted by atomic mass is 19.4. The van der Waals surface area contributed by atoms with Crippen molar-refractivity contribution in [3.63, 3.8) is 0 Å². The number of rotatable bonds is 5. The van der Waals surface area contributed by atoms with Gasteiger partial charge >= 0.3 is 6.18 Å². The van der Waals surface area contributed by atoms with Crippen LogP contribution in [0.25, 0.3) is 11.0 Å². The van der Waals surface area contributed by atoms with E-state index >= 15 is 0 Å². The van der Waals surface area contributed by atoms with Gasteiger partial charge in [-0.1, -0.05) is 18.2 Å². The van der Waals surface area contributed by atoms with Crippen molar-refractivity contribution in [3.8, 4) is 0 Å². The van der Waals surface area contributed by atoms with Crippen molar-refractivity contribution in [2.45, 2.75) is 19.3 Å². The highest BCUT2D eigenvalue weighted by Gasteiger charge is 2.30. The summed E-state index contributed by atoms with van der Waals surface area (Å²) in [5.41, 5.74) is 0.866. The first kappa shape index (κ1) is 18.9. The Balaban J connectivity index is 1.84. The number of anilines is 1. The number of fused-ring (bicyclic) bond motifs is 1. The van der Waals surface area contributed by atoms with E-state index in [-0.39, 0.29) is 12.2 Å². The molecule has 3 rings (SSSR count). The standard InChI is InChI=1S/C19H19F3N4O/c1-25(2)11-17-24-15-8-3-4-9-16(15)26(17)12-18(27)23-14-7-5-6-13(10-14)19(20,21)22/h3-10H,11-12H2,1-2H3,(H,23,27). The number of halogens is 3. The second-order valence-electron chi connectivity index (χ2n) is 6.47. The van der Waals surface area contributed by atoms with Crippen LogP contribution in [0.3, 0.4) is 0 Å². The van der Waals surface area contributed by atoms with Crippen molar-refractivity contribution >= 4 is 22.6 Å². The van der Waals surface area contributed by atoms with Gasteiger partial charge in [0.15, 0.2) is 0 Å². The molecule has 8 heteroatoms. The SMILES string of the molecule is CN(C)Cc1nc2ccccc2n1CC(=O)Nc1cccc(C(F)(F)F)c1. The molecule has 0 fully saturated rings. The zero-order valence-electron chi connectivity index (χ0n) is 14.9. The van der Waals surface area contributed by atoms with E-state index in [1.807, 2.05) is 43.3 Å². The summed E-state index contributed by atoms with van der Waals surface area (Å²) in [6.45, 7) is 0.492. The fourth-order valence-corrected chi connectivity index (χ4v) is 2.82. The van der Waals surface area contributed by atoms with Crippen LogP contribution in [0.5, 0.6) is 0 Å². The van der Waals surface area contributed by atoms with Crippen molar-refractivity contribution in [2.75, 3.05) is 19.4 Å². The molecule has 27 heavy (non-hydrogen) atoms.